The minimum absolute atomic E-state index is 0.0769. The van der Waals surface area contributed by atoms with Crippen molar-refractivity contribution >= 4 is 35.4 Å². The van der Waals surface area contributed by atoms with Gasteiger partial charge in [0.25, 0.3) is 0 Å². The molecule has 43 heavy (non-hydrogen) atoms. The molecule has 3 atom stereocenters. The molecule has 1 saturated heterocycles. The van der Waals surface area contributed by atoms with Crippen LogP contribution in [-0.2, 0) is 35.2 Å². The molecule has 236 valence electrons. The lowest BCUT2D eigenvalue weighted by atomic mass is 9.85. The van der Waals surface area contributed by atoms with Gasteiger partial charge in [-0.1, -0.05) is 45.0 Å². The molecular formula is C32H45N3O7S. The number of benzene rings is 1. The van der Waals surface area contributed by atoms with Gasteiger partial charge in [0.1, 0.15) is 12.3 Å². The second-order valence-electron chi connectivity index (χ2n) is 12.0. The van der Waals surface area contributed by atoms with Crippen molar-refractivity contribution in [2.45, 2.75) is 65.6 Å². The zero-order valence-corrected chi connectivity index (χ0v) is 26.4. The van der Waals surface area contributed by atoms with E-state index in [2.05, 4.69) is 41.1 Å². The van der Waals surface area contributed by atoms with Crippen LogP contribution in [0.25, 0.3) is 10.4 Å². The van der Waals surface area contributed by atoms with Crippen molar-refractivity contribution in [3.05, 3.63) is 46.8 Å². The summed E-state index contributed by atoms with van der Waals surface area (Å²) in [6.07, 6.45) is 2.06. The van der Waals surface area contributed by atoms with Gasteiger partial charge in [-0.3, -0.25) is 14.4 Å². The van der Waals surface area contributed by atoms with Gasteiger partial charge in [0.2, 0.25) is 11.8 Å². The van der Waals surface area contributed by atoms with Gasteiger partial charge in [-0.05, 0) is 53.3 Å². The van der Waals surface area contributed by atoms with E-state index < -0.39 is 29.4 Å². The molecule has 0 bridgehead atoms. The number of carboxylic acids is 1. The number of rotatable bonds is 17. The Morgan fingerprint density at radius 1 is 1.12 bits per heavy atom. The zero-order chi connectivity index (χ0) is 31.4. The first kappa shape index (κ1) is 34.4. The van der Waals surface area contributed by atoms with Gasteiger partial charge in [0.05, 0.1) is 44.8 Å². The van der Waals surface area contributed by atoms with Gasteiger partial charge < -0.3 is 34.9 Å². The number of hydrogen-bond donors (Lipinski definition) is 3. The first-order chi connectivity index (χ1) is 20.5. The number of nitrogens with zero attached hydrogens (tertiary/aromatic N) is 1. The van der Waals surface area contributed by atoms with Crippen LogP contribution >= 0.6 is 11.3 Å². The molecular weight excluding hydrogens is 570 g/mol. The largest absolute Gasteiger partial charge is 0.481 e. The van der Waals surface area contributed by atoms with E-state index in [4.69, 9.17) is 14.6 Å². The molecule has 1 aliphatic heterocycles. The standard InChI is InChI=1S/C32H45N3O7S/c1-22-12-17-43-28(22)25-9-7-23(8-10-25)18-34-30(39)26-6-5-13-35(26)31(40)29(32(2,3)4)33-19-24(20-36)21-42-16-15-41-14-11-27(37)38/h7-10,12,17,20,24,26,29,33H,5-6,11,13-16,18-19,21H2,1-4H3,(H,34,39)(H,37,38). The molecule has 1 aromatic carbocycles. The number of aldehydes is 1. The Hall–Kier alpha value is -3.12. The number of ether oxygens (including phenoxy) is 2. The highest BCUT2D eigenvalue weighted by atomic mass is 32.1. The van der Waals surface area contributed by atoms with Crippen molar-refractivity contribution < 1.29 is 33.8 Å². The van der Waals surface area contributed by atoms with Crippen LogP contribution in [0, 0.1) is 18.3 Å². The molecule has 1 aromatic heterocycles. The summed E-state index contributed by atoms with van der Waals surface area (Å²) in [6.45, 7) is 9.79. The predicted molar refractivity (Wildman–Crippen MR) is 166 cm³/mol. The van der Waals surface area contributed by atoms with Crippen molar-refractivity contribution in [3.8, 4) is 10.4 Å². The molecule has 10 nitrogen and oxygen atoms in total. The average molecular weight is 616 g/mol. The maximum absolute atomic E-state index is 13.8. The molecule has 1 fully saturated rings. The van der Waals surface area contributed by atoms with E-state index in [1.54, 1.807) is 16.2 Å². The first-order valence-electron chi connectivity index (χ1n) is 14.8. The minimum atomic E-state index is -0.928. The Labute approximate surface area is 258 Å². The highest BCUT2D eigenvalue weighted by molar-refractivity contribution is 7.13. The maximum Gasteiger partial charge on any atom is 0.305 e. The fraction of sp³-hybridized carbons (Fsp3) is 0.562. The van der Waals surface area contributed by atoms with Gasteiger partial charge in [0, 0.05) is 24.5 Å². The molecule has 3 unspecified atom stereocenters. The lowest BCUT2D eigenvalue weighted by molar-refractivity contribution is -0.142. The van der Waals surface area contributed by atoms with E-state index in [1.807, 2.05) is 32.9 Å². The van der Waals surface area contributed by atoms with Gasteiger partial charge >= 0.3 is 5.97 Å². The quantitative estimate of drug-likeness (QED) is 0.181. The Morgan fingerprint density at radius 2 is 1.84 bits per heavy atom. The van der Waals surface area contributed by atoms with Crippen molar-refractivity contribution in [2.24, 2.45) is 11.3 Å². The highest BCUT2D eigenvalue weighted by Gasteiger charge is 2.41. The summed E-state index contributed by atoms with van der Waals surface area (Å²) in [5, 5.41) is 17.0. The summed E-state index contributed by atoms with van der Waals surface area (Å²) in [4.78, 5) is 52.1. The summed E-state index contributed by atoms with van der Waals surface area (Å²) < 4.78 is 10.7. The number of carboxylic acid groups (broad SMARTS) is 1. The molecule has 2 heterocycles. The summed E-state index contributed by atoms with van der Waals surface area (Å²) in [5.74, 6) is -1.73. The normalized spacial score (nSPS) is 16.6. The number of amides is 2. The third kappa shape index (κ3) is 10.5. The molecule has 2 amide bonds. The molecule has 3 rings (SSSR count). The number of aryl methyl sites for hydroxylation is 1. The number of hydrogen-bond acceptors (Lipinski definition) is 8. The average Bonchev–Trinajstić information content (AvgIpc) is 3.63. The second kappa shape index (κ2) is 16.7. The topological polar surface area (TPSA) is 134 Å². The Kier molecular flexibility index (Phi) is 13.3. The van der Waals surface area contributed by atoms with Crippen LogP contribution in [0.3, 0.4) is 0 Å². The van der Waals surface area contributed by atoms with E-state index in [0.29, 0.717) is 19.5 Å². The van der Waals surface area contributed by atoms with Crippen molar-refractivity contribution in [1.82, 2.24) is 15.5 Å². The predicted octanol–water partition coefficient (Wildman–Crippen LogP) is 3.66. The molecule has 2 aromatic rings. The number of carbonyl (C=O) groups excluding carboxylic acids is 3. The monoisotopic (exact) mass is 615 g/mol. The smallest absolute Gasteiger partial charge is 0.305 e. The summed E-state index contributed by atoms with van der Waals surface area (Å²) in [6, 6.07) is 9.13. The zero-order valence-electron chi connectivity index (χ0n) is 25.6. The van der Waals surface area contributed by atoms with Crippen molar-refractivity contribution in [2.75, 3.05) is 39.5 Å². The minimum Gasteiger partial charge on any atom is -0.481 e. The van der Waals surface area contributed by atoms with Crippen LogP contribution in [0.1, 0.15) is 51.2 Å². The summed E-state index contributed by atoms with van der Waals surface area (Å²) >= 11 is 1.71. The molecule has 0 spiro atoms. The van der Waals surface area contributed by atoms with Crippen LogP contribution in [-0.4, -0.2) is 85.7 Å². The van der Waals surface area contributed by atoms with Crippen molar-refractivity contribution in [1.29, 1.82) is 0 Å². The summed E-state index contributed by atoms with van der Waals surface area (Å²) in [5.41, 5.74) is 2.92. The fourth-order valence-corrected chi connectivity index (χ4v) is 5.95. The van der Waals surface area contributed by atoms with E-state index in [-0.39, 0.29) is 51.2 Å². The van der Waals surface area contributed by atoms with E-state index >= 15 is 0 Å². The molecule has 0 radical (unpaired) electrons. The number of carbonyl (C=O) groups is 4. The van der Waals surface area contributed by atoms with E-state index in [0.717, 1.165) is 23.8 Å². The number of thiophene rings is 1. The van der Waals surface area contributed by atoms with Crippen LogP contribution in [0.4, 0.5) is 0 Å². The second-order valence-corrected chi connectivity index (χ2v) is 12.9. The van der Waals surface area contributed by atoms with Crippen molar-refractivity contribution in [3.63, 3.8) is 0 Å². The lowest BCUT2D eigenvalue weighted by Crippen LogP contribution is -2.57. The number of aliphatic carboxylic acids is 1. The van der Waals surface area contributed by atoms with E-state index in [9.17, 15) is 19.2 Å². The number of nitrogens with one attached hydrogen (secondary N) is 2. The molecule has 0 saturated carbocycles. The van der Waals surface area contributed by atoms with Crippen LogP contribution in [0.15, 0.2) is 35.7 Å². The molecule has 11 heteroatoms. The third-order valence-corrected chi connectivity index (χ3v) is 8.50. The van der Waals surface area contributed by atoms with Crippen LogP contribution < -0.4 is 10.6 Å². The van der Waals surface area contributed by atoms with E-state index in [1.165, 1.54) is 10.4 Å². The Balaban J connectivity index is 1.51. The van der Waals surface area contributed by atoms with Crippen LogP contribution in [0.2, 0.25) is 0 Å². The first-order valence-corrected chi connectivity index (χ1v) is 15.7. The number of likely N-dealkylation sites (tertiary alicyclic amines) is 1. The third-order valence-electron chi connectivity index (χ3n) is 7.44. The molecule has 3 N–H and O–H groups in total. The molecule has 1 aliphatic rings. The Bertz CT molecular complexity index is 1210. The summed E-state index contributed by atoms with van der Waals surface area (Å²) in [7, 11) is 0. The van der Waals surface area contributed by atoms with Gasteiger partial charge in [-0.15, -0.1) is 11.3 Å². The van der Waals surface area contributed by atoms with Gasteiger partial charge in [0.15, 0.2) is 0 Å². The Morgan fingerprint density at radius 3 is 2.47 bits per heavy atom. The van der Waals surface area contributed by atoms with Gasteiger partial charge in [-0.2, -0.15) is 0 Å². The highest BCUT2D eigenvalue weighted by Crippen LogP contribution is 2.29. The lowest BCUT2D eigenvalue weighted by Gasteiger charge is -2.36. The maximum atomic E-state index is 13.8. The fourth-order valence-electron chi connectivity index (χ4n) is 5.01. The SMILES string of the molecule is Cc1ccsc1-c1ccc(CNC(=O)C2CCCN2C(=O)C(NCC(C=O)COCCOCCC(=O)O)C(C)(C)C)cc1. The molecule has 0 aliphatic carbocycles. The van der Waals surface area contributed by atoms with Crippen LogP contribution in [0.5, 0.6) is 0 Å². The van der Waals surface area contributed by atoms with Gasteiger partial charge in [-0.25, -0.2) is 0 Å².